The van der Waals surface area contributed by atoms with Gasteiger partial charge in [0, 0.05) is 6.54 Å². The van der Waals surface area contributed by atoms with Gasteiger partial charge in [0.25, 0.3) is 0 Å². The third kappa shape index (κ3) is 4.78. The predicted octanol–water partition coefficient (Wildman–Crippen LogP) is 5.72. The van der Waals surface area contributed by atoms with Crippen LogP contribution in [0.1, 0.15) is 42.3 Å². The minimum absolute atomic E-state index is 0.445. The van der Waals surface area contributed by atoms with E-state index in [0.29, 0.717) is 30.0 Å². The average Bonchev–Trinajstić information content (AvgIpc) is 3.33. The first-order valence-electron chi connectivity index (χ1n) is 9.73. The molecule has 152 valence electrons. The monoisotopic (exact) mass is 391 g/mol. The molecule has 0 saturated heterocycles. The molecule has 0 unspecified atom stereocenters. The molecule has 0 radical (unpaired) electrons. The van der Waals surface area contributed by atoms with Gasteiger partial charge in [0.05, 0.1) is 19.4 Å². The molecule has 0 bridgehead atoms. The first-order valence-corrected chi connectivity index (χ1v) is 9.73. The molecule has 29 heavy (non-hydrogen) atoms. The van der Waals surface area contributed by atoms with Crippen LogP contribution >= 0.6 is 0 Å². The highest BCUT2D eigenvalue weighted by Gasteiger charge is 2.35. The fourth-order valence-electron chi connectivity index (χ4n) is 3.52. The summed E-state index contributed by atoms with van der Waals surface area (Å²) >= 11 is 0. The van der Waals surface area contributed by atoms with E-state index in [1.807, 2.05) is 18.2 Å². The smallest absolute Gasteiger partial charge is 0.163 e. The van der Waals surface area contributed by atoms with Gasteiger partial charge in [0.15, 0.2) is 5.60 Å². The van der Waals surface area contributed by atoms with Crippen molar-refractivity contribution in [3.63, 3.8) is 0 Å². The molecule has 0 aliphatic rings. The maximum Gasteiger partial charge on any atom is 0.163 e. The number of hydrogen-bond donors (Lipinski definition) is 1. The van der Waals surface area contributed by atoms with Gasteiger partial charge in [-0.25, -0.2) is 0 Å². The highest BCUT2D eigenvalue weighted by Crippen LogP contribution is 2.36. The van der Waals surface area contributed by atoms with Crippen molar-refractivity contribution >= 4 is 0 Å². The van der Waals surface area contributed by atoms with Crippen molar-refractivity contribution in [1.82, 2.24) is 4.90 Å². The third-order valence-electron chi connectivity index (χ3n) is 5.08. The fraction of sp³-hybridized carbons (Fsp3) is 0.280. The third-order valence-corrected chi connectivity index (χ3v) is 5.08. The Hall–Kier alpha value is -2.82. The van der Waals surface area contributed by atoms with Crippen LogP contribution in [-0.2, 0) is 25.2 Å². The van der Waals surface area contributed by atoms with Crippen molar-refractivity contribution in [2.24, 2.45) is 0 Å². The molecule has 0 aliphatic heterocycles. The van der Waals surface area contributed by atoms with E-state index >= 15 is 0 Å². The molecule has 0 fully saturated rings. The van der Waals surface area contributed by atoms with Crippen LogP contribution in [0.5, 0.6) is 0 Å². The van der Waals surface area contributed by atoms with E-state index in [9.17, 15) is 5.11 Å². The Balaban J connectivity index is 1.83. The summed E-state index contributed by atoms with van der Waals surface area (Å²) in [5, 5.41) is 11.0. The summed E-state index contributed by atoms with van der Waals surface area (Å²) in [5.41, 5.74) is 2.26. The van der Waals surface area contributed by atoms with E-state index < -0.39 is 5.60 Å². The van der Waals surface area contributed by atoms with Gasteiger partial charge in [-0.3, -0.25) is 4.90 Å². The van der Waals surface area contributed by atoms with Gasteiger partial charge in [-0.2, -0.15) is 0 Å². The molecule has 1 aromatic carbocycles. The molecule has 3 aromatic rings. The summed E-state index contributed by atoms with van der Waals surface area (Å²) in [6.45, 7) is 15.5. The number of hydrogen-bond acceptors (Lipinski definition) is 4. The largest absolute Gasteiger partial charge is 0.468 e. The Kier molecular flexibility index (Phi) is 6.26. The average molecular weight is 392 g/mol. The Bertz CT molecular complexity index is 967. The van der Waals surface area contributed by atoms with Crippen LogP contribution in [0.25, 0.3) is 0 Å². The summed E-state index contributed by atoms with van der Waals surface area (Å²) in [6.07, 6.45) is 1.69. The molecule has 4 heteroatoms. The van der Waals surface area contributed by atoms with Crippen molar-refractivity contribution in [2.45, 2.75) is 46.0 Å². The van der Waals surface area contributed by atoms with Gasteiger partial charge in [-0.05, 0) is 61.7 Å². The van der Waals surface area contributed by atoms with Crippen molar-refractivity contribution < 1.29 is 13.9 Å². The van der Waals surface area contributed by atoms with Gasteiger partial charge in [0.1, 0.15) is 17.3 Å². The molecular formula is C25H29NO3. The van der Waals surface area contributed by atoms with Crippen molar-refractivity contribution in [2.75, 3.05) is 0 Å². The maximum absolute atomic E-state index is 11.0. The minimum atomic E-state index is -1.36. The van der Waals surface area contributed by atoms with Gasteiger partial charge in [-0.1, -0.05) is 43.0 Å². The lowest BCUT2D eigenvalue weighted by Crippen LogP contribution is -2.27. The molecule has 2 aromatic heterocycles. The van der Waals surface area contributed by atoms with E-state index in [1.165, 1.54) is 11.1 Å². The minimum Gasteiger partial charge on any atom is -0.468 e. The van der Waals surface area contributed by atoms with E-state index in [2.05, 4.69) is 49.2 Å². The van der Waals surface area contributed by atoms with Crippen molar-refractivity contribution in [3.05, 3.63) is 108 Å². The van der Waals surface area contributed by atoms with Crippen LogP contribution in [-0.4, -0.2) is 10.0 Å². The Labute approximate surface area is 172 Å². The SMILES string of the molecule is C=C(C)C(O)(C(=C)C)c1ccc(CN(Cc2cccc(C)c2)Cc2ccco2)o1. The molecule has 0 atom stereocenters. The number of aryl methyl sites for hydroxylation is 1. The second-order valence-corrected chi connectivity index (χ2v) is 7.75. The lowest BCUT2D eigenvalue weighted by molar-refractivity contribution is 0.0874. The molecule has 3 rings (SSSR count). The summed E-state index contributed by atoms with van der Waals surface area (Å²) < 4.78 is 11.6. The lowest BCUT2D eigenvalue weighted by Gasteiger charge is -2.27. The second-order valence-electron chi connectivity index (χ2n) is 7.75. The van der Waals surface area contributed by atoms with Gasteiger partial charge >= 0.3 is 0 Å². The van der Waals surface area contributed by atoms with Gasteiger partial charge < -0.3 is 13.9 Å². The molecule has 0 aliphatic carbocycles. The summed E-state index contributed by atoms with van der Waals surface area (Å²) in [7, 11) is 0. The summed E-state index contributed by atoms with van der Waals surface area (Å²) in [4.78, 5) is 2.25. The highest BCUT2D eigenvalue weighted by molar-refractivity contribution is 5.35. The Morgan fingerprint density at radius 1 is 0.966 bits per heavy atom. The van der Waals surface area contributed by atoms with Crippen LogP contribution in [0.2, 0.25) is 0 Å². The number of furan rings is 2. The number of benzene rings is 1. The molecule has 0 spiro atoms. The maximum atomic E-state index is 11.0. The Morgan fingerprint density at radius 2 is 1.69 bits per heavy atom. The van der Waals surface area contributed by atoms with Crippen LogP contribution in [0.15, 0.2) is 87.9 Å². The molecule has 1 N–H and O–H groups in total. The first kappa shape index (κ1) is 20.9. The molecular weight excluding hydrogens is 362 g/mol. The zero-order valence-electron chi connectivity index (χ0n) is 17.4. The van der Waals surface area contributed by atoms with Crippen molar-refractivity contribution in [3.8, 4) is 0 Å². The molecule has 2 heterocycles. The number of aliphatic hydroxyl groups is 1. The zero-order valence-corrected chi connectivity index (χ0v) is 17.4. The number of rotatable bonds is 9. The van der Waals surface area contributed by atoms with E-state index in [4.69, 9.17) is 8.83 Å². The topological polar surface area (TPSA) is 49.8 Å². The highest BCUT2D eigenvalue weighted by atomic mass is 16.4. The fourth-order valence-corrected chi connectivity index (χ4v) is 3.52. The lowest BCUT2D eigenvalue weighted by atomic mass is 9.87. The number of nitrogens with zero attached hydrogens (tertiary/aromatic N) is 1. The van der Waals surface area contributed by atoms with E-state index in [0.717, 1.165) is 18.1 Å². The second kappa shape index (κ2) is 8.68. The summed E-state index contributed by atoms with van der Waals surface area (Å²) in [6, 6.07) is 16.0. The van der Waals surface area contributed by atoms with E-state index in [-0.39, 0.29) is 0 Å². The van der Waals surface area contributed by atoms with E-state index in [1.54, 1.807) is 26.2 Å². The standard InChI is InChI=1S/C25H29NO3/c1-18(2)25(27,19(3)4)24-12-11-23(29-24)17-26(16-22-10-7-13-28-22)15-21-9-6-8-20(5)14-21/h6-14,27H,1,3,15-17H2,2,4-5H3. The molecule has 4 nitrogen and oxygen atoms in total. The first-order chi connectivity index (χ1) is 13.8. The van der Waals surface area contributed by atoms with Crippen LogP contribution in [0.4, 0.5) is 0 Å². The quantitative estimate of drug-likeness (QED) is 0.474. The molecule has 0 saturated carbocycles. The predicted molar refractivity (Wildman–Crippen MR) is 115 cm³/mol. The zero-order chi connectivity index (χ0) is 21.0. The normalized spacial score (nSPS) is 11.8. The summed E-state index contributed by atoms with van der Waals surface area (Å²) in [5.74, 6) is 2.10. The van der Waals surface area contributed by atoms with Crippen molar-refractivity contribution in [1.29, 1.82) is 0 Å². The van der Waals surface area contributed by atoms with Crippen LogP contribution in [0, 0.1) is 6.92 Å². The van der Waals surface area contributed by atoms with Gasteiger partial charge in [0.2, 0.25) is 0 Å². The van der Waals surface area contributed by atoms with Crippen LogP contribution < -0.4 is 0 Å². The Morgan fingerprint density at radius 3 is 2.31 bits per heavy atom. The molecule has 0 amide bonds. The van der Waals surface area contributed by atoms with Crippen LogP contribution in [0.3, 0.4) is 0 Å². The van der Waals surface area contributed by atoms with Gasteiger partial charge in [-0.15, -0.1) is 0 Å².